The number of esters is 1. The zero-order valence-electron chi connectivity index (χ0n) is 14.7. The summed E-state index contributed by atoms with van der Waals surface area (Å²) in [6.45, 7) is 5.89. The van der Waals surface area contributed by atoms with Crippen molar-refractivity contribution in [3.8, 4) is 0 Å². The van der Waals surface area contributed by atoms with Crippen molar-refractivity contribution in [1.82, 2.24) is 0 Å². The number of unbranched alkanes of at least 4 members (excludes halogenated alkanes) is 1. The Hall–Kier alpha value is -1.35. The fraction of sp³-hybridized carbons (Fsp3) is 0.650. The summed E-state index contributed by atoms with van der Waals surface area (Å²) in [6.07, 6.45) is 6.50. The molecule has 128 valence electrons. The molecule has 3 nitrogen and oxygen atoms in total. The summed E-state index contributed by atoms with van der Waals surface area (Å²) in [5, 5.41) is 9.13. The molecule has 0 fully saturated rings. The number of aliphatic hydroxyl groups is 1. The molecule has 0 spiro atoms. The van der Waals surface area contributed by atoms with Gasteiger partial charge < -0.3 is 9.84 Å². The Bertz CT molecular complexity index is 530. The van der Waals surface area contributed by atoms with Gasteiger partial charge in [0.15, 0.2) is 0 Å². The first-order valence-corrected chi connectivity index (χ1v) is 8.82. The Morgan fingerprint density at radius 1 is 1.22 bits per heavy atom. The first kappa shape index (κ1) is 18.0. The van der Waals surface area contributed by atoms with Crippen LogP contribution in [0.15, 0.2) is 24.3 Å². The summed E-state index contributed by atoms with van der Waals surface area (Å²) < 4.78 is 6.18. The van der Waals surface area contributed by atoms with Gasteiger partial charge in [-0.3, -0.25) is 4.79 Å². The number of aliphatic hydroxyl groups excluding tert-OH is 1. The van der Waals surface area contributed by atoms with Gasteiger partial charge in [-0.25, -0.2) is 0 Å². The van der Waals surface area contributed by atoms with Gasteiger partial charge in [-0.05, 0) is 76.8 Å². The fourth-order valence-electron chi connectivity index (χ4n) is 3.31. The first-order valence-electron chi connectivity index (χ1n) is 8.82. The Morgan fingerprint density at radius 2 is 1.96 bits per heavy atom. The van der Waals surface area contributed by atoms with Gasteiger partial charge in [0, 0.05) is 6.61 Å². The largest absolute Gasteiger partial charge is 0.454 e. The number of benzene rings is 1. The highest BCUT2D eigenvalue weighted by atomic mass is 16.6. The Labute approximate surface area is 140 Å². The van der Waals surface area contributed by atoms with E-state index >= 15 is 0 Å². The van der Waals surface area contributed by atoms with Crippen LogP contribution in [0.25, 0.3) is 0 Å². The van der Waals surface area contributed by atoms with Crippen molar-refractivity contribution in [2.75, 3.05) is 6.61 Å². The Morgan fingerprint density at radius 3 is 2.65 bits per heavy atom. The quantitative estimate of drug-likeness (QED) is 0.498. The molecule has 0 radical (unpaired) electrons. The van der Waals surface area contributed by atoms with Crippen molar-refractivity contribution < 1.29 is 14.6 Å². The maximum atomic E-state index is 12.6. The molecule has 0 aliphatic heterocycles. The van der Waals surface area contributed by atoms with E-state index in [2.05, 4.69) is 18.2 Å². The minimum Gasteiger partial charge on any atom is -0.454 e. The van der Waals surface area contributed by atoms with Crippen LogP contribution in [0.5, 0.6) is 0 Å². The van der Waals surface area contributed by atoms with Gasteiger partial charge >= 0.3 is 5.97 Å². The van der Waals surface area contributed by atoms with Crippen LogP contribution in [0.1, 0.15) is 70.4 Å². The minimum absolute atomic E-state index is 0.141. The zero-order chi connectivity index (χ0) is 16.9. The maximum Gasteiger partial charge on any atom is 0.312 e. The zero-order valence-corrected chi connectivity index (χ0v) is 14.7. The lowest BCUT2D eigenvalue weighted by Gasteiger charge is -2.36. The van der Waals surface area contributed by atoms with E-state index in [1.165, 1.54) is 11.1 Å². The topological polar surface area (TPSA) is 46.5 Å². The minimum atomic E-state index is -0.535. The number of fused-ring (bicyclic) bond motifs is 1. The second-order valence-corrected chi connectivity index (χ2v) is 7.68. The Kier molecular flexibility index (Phi) is 5.85. The third kappa shape index (κ3) is 4.35. The number of carbonyl (C=O) groups excluding carboxylic acids is 1. The van der Waals surface area contributed by atoms with Crippen molar-refractivity contribution in [3.05, 3.63) is 35.4 Å². The van der Waals surface area contributed by atoms with E-state index in [9.17, 15) is 4.79 Å². The predicted octanol–water partition coefficient (Wildman–Crippen LogP) is 4.36. The highest BCUT2D eigenvalue weighted by molar-refractivity contribution is 5.76. The molecule has 1 aromatic rings. The predicted molar refractivity (Wildman–Crippen MR) is 92.2 cm³/mol. The van der Waals surface area contributed by atoms with Gasteiger partial charge in [0.05, 0.1) is 5.41 Å². The third-order valence-electron chi connectivity index (χ3n) is 4.67. The molecule has 1 atom stereocenters. The van der Waals surface area contributed by atoms with Crippen LogP contribution in [0.4, 0.5) is 0 Å². The monoisotopic (exact) mass is 318 g/mol. The molecule has 1 aromatic carbocycles. The maximum absolute atomic E-state index is 12.6. The summed E-state index contributed by atoms with van der Waals surface area (Å²) in [5.74, 6) is -0.141. The lowest BCUT2D eigenvalue weighted by molar-refractivity contribution is -0.173. The lowest BCUT2D eigenvalue weighted by Crippen LogP contribution is -2.37. The van der Waals surface area contributed by atoms with Crippen LogP contribution in [0, 0.1) is 5.41 Å². The molecule has 3 heteroatoms. The molecular formula is C20H30O3. The van der Waals surface area contributed by atoms with E-state index in [4.69, 9.17) is 9.84 Å². The van der Waals surface area contributed by atoms with Crippen LogP contribution in [0.2, 0.25) is 0 Å². The average molecular weight is 318 g/mol. The molecule has 0 amide bonds. The molecule has 1 unspecified atom stereocenters. The fourth-order valence-corrected chi connectivity index (χ4v) is 3.31. The Balaban J connectivity index is 2.38. The summed E-state index contributed by atoms with van der Waals surface area (Å²) in [4.78, 5) is 12.6. The number of ether oxygens (including phenoxy) is 1. The van der Waals surface area contributed by atoms with E-state index in [0.717, 1.165) is 44.9 Å². The second-order valence-electron chi connectivity index (χ2n) is 7.68. The van der Waals surface area contributed by atoms with Crippen LogP contribution in [-0.4, -0.2) is 17.7 Å². The van der Waals surface area contributed by atoms with Crippen LogP contribution >= 0.6 is 0 Å². The van der Waals surface area contributed by atoms with Gasteiger partial charge in [-0.2, -0.15) is 0 Å². The van der Waals surface area contributed by atoms with Crippen LogP contribution in [0.3, 0.4) is 0 Å². The van der Waals surface area contributed by atoms with E-state index in [1.807, 2.05) is 26.8 Å². The number of carbonyl (C=O) groups is 1. The smallest absolute Gasteiger partial charge is 0.312 e. The van der Waals surface area contributed by atoms with E-state index < -0.39 is 11.0 Å². The van der Waals surface area contributed by atoms with E-state index in [0.29, 0.717) is 0 Å². The SMILES string of the molecule is CC(C)(C)C(=O)OC1(CCCCO)CCCCc2ccccc21. The van der Waals surface area contributed by atoms with Gasteiger partial charge in [0.2, 0.25) is 0 Å². The summed E-state index contributed by atoms with van der Waals surface area (Å²) in [6, 6.07) is 8.38. The normalized spacial score (nSPS) is 21.4. The molecule has 1 aliphatic rings. The summed E-state index contributed by atoms with van der Waals surface area (Å²) >= 11 is 0. The molecule has 1 aliphatic carbocycles. The molecule has 2 rings (SSSR count). The van der Waals surface area contributed by atoms with Crippen LogP contribution < -0.4 is 0 Å². The third-order valence-corrected chi connectivity index (χ3v) is 4.67. The van der Waals surface area contributed by atoms with Gasteiger partial charge in [0.1, 0.15) is 5.60 Å². The number of hydrogen-bond donors (Lipinski definition) is 1. The average Bonchev–Trinajstić information content (AvgIpc) is 2.67. The number of rotatable bonds is 5. The van der Waals surface area contributed by atoms with Gasteiger partial charge in [-0.1, -0.05) is 24.3 Å². The summed E-state index contributed by atoms with van der Waals surface area (Å²) in [5.41, 5.74) is 1.43. The molecule has 0 saturated carbocycles. The molecule has 0 heterocycles. The van der Waals surface area contributed by atoms with Crippen molar-refractivity contribution in [3.63, 3.8) is 0 Å². The first-order chi connectivity index (χ1) is 10.9. The highest BCUT2D eigenvalue weighted by Crippen LogP contribution is 2.42. The molecule has 0 bridgehead atoms. The molecule has 1 N–H and O–H groups in total. The molecule has 0 aromatic heterocycles. The van der Waals surface area contributed by atoms with Crippen molar-refractivity contribution in [2.45, 2.75) is 71.3 Å². The van der Waals surface area contributed by atoms with E-state index in [1.54, 1.807) is 0 Å². The highest BCUT2D eigenvalue weighted by Gasteiger charge is 2.40. The molecule has 23 heavy (non-hydrogen) atoms. The van der Waals surface area contributed by atoms with Crippen molar-refractivity contribution in [1.29, 1.82) is 0 Å². The van der Waals surface area contributed by atoms with Crippen LogP contribution in [-0.2, 0) is 21.6 Å². The van der Waals surface area contributed by atoms with E-state index in [-0.39, 0.29) is 12.6 Å². The number of hydrogen-bond acceptors (Lipinski definition) is 3. The standard InChI is InChI=1S/C20H30O3/c1-19(2,3)18(22)23-20(14-8-9-15-21)13-7-6-11-16-10-4-5-12-17(16)20/h4-5,10,12,21H,6-9,11,13-15H2,1-3H3. The van der Waals surface area contributed by atoms with Gasteiger partial charge in [0.25, 0.3) is 0 Å². The number of aryl methyl sites for hydroxylation is 1. The molecular weight excluding hydrogens is 288 g/mol. The van der Waals surface area contributed by atoms with Gasteiger partial charge in [-0.15, -0.1) is 0 Å². The van der Waals surface area contributed by atoms with Crippen molar-refractivity contribution in [2.24, 2.45) is 5.41 Å². The lowest BCUT2D eigenvalue weighted by atomic mass is 9.82. The summed E-state index contributed by atoms with van der Waals surface area (Å²) in [7, 11) is 0. The second kappa shape index (κ2) is 7.48. The molecule has 0 saturated heterocycles. The van der Waals surface area contributed by atoms with Crippen molar-refractivity contribution >= 4 is 5.97 Å².